The van der Waals surface area contributed by atoms with Crippen LogP contribution in [0.5, 0.6) is 5.75 Å². The maximum Gasteiger partial charge on any atom is 0.279 e. The van der Waals surface area contributed by atoms with E-state index in [1.807, 2.05) is 0 Å². The second-order valence-corrected chi connectivity index (χ2v) is 9.06. The summed E-state index contributed by atoms with van der Waals surface area (Å²) in [6.07, 6.45) is 2.18. The topological polar surface area (TPSA) is 91.6 Å². The number of halogens is 3. The quantitative estimate of drug-likeness (QED) is 0.572. The van der Waals surface area contributed by atoms with Crippen molar-refractivity contribution in [2.45, 2.75) is 32.4 Å². The monoisotopic (exact) mass is 499 g/mol. The second-order valence-electron chi connectivity index (χ2n) is 8.68. The van der Waals surface area contributed by atoms with Crippen LogP contribution in [0.1, 0.15) is 50.0 Å². The van der Waals surface area contributed by atoms with Crippen molar-refractivity contribution in [3.05, 3.63) is 91.4 Å². The van der Waals surface area contributed by atoms with Crippen LogP contribution >= 0.6 is 11.6 Å². The minimum Gasteiger partial charge on any atom is -0.503 e. The molecule has 1 atom stereocenters. The van der Waals surface area contributed by atoms with Crippen LogP contribution in [0.15, 0.2) is 41.3 Å². The number of hydrogen-bond donors (Lipinski definition) is 2. The molecule has 0 saturated carbocycles. The molecule has 0 unspecified atom stereocenters. The number of aryl methyl sites for hydroxylation is 2. The molecule has 5 rings (SSSR count). The summed E-state index contributed by atoms with van der Waals surface area (Å²) >= 11 is 5.93. The highest BCUT2D eigenvalue weighted by Crippen LogP contribution is 2.38. The molecule has 10 heteroatoms. The number of fused-ring (bicyclic) bond motifs is 6. The zero-order chi connectivity index (χ0) is 25.0. The fraction of sp³-hybridized carbons (Fsp3) is 0.240. The van der Waals surface area contributed by atoms with Gasteiger partial charge in [-0.2, -0.15) is 0 Å². The van der Waals surface area contributed by atoms with E-state index >= 15 is 0 Å². The molecule has 3 heterocycles. The molecule has 0 saturated heterocycles. The summed E-state index contributed by atoms with van der Waals surface area (Å²) in [6, 6.07) is 7.23. The van der Waals surface area contributed by atoms with E-state index < -0.39 is 40.7 Å². The lowest BCUT2D eigenvalue weighted by atomic mass is 10.0. The predicted octanol–water partition coefficient (Wildman–Crippen LogP) is 3.87. The first kappa shape index (κ1) is 23.0. The van der Waals surface area contributed by atoms with Crippen LogP contribution in [0.4, 0.5) is 14.5 Å². The number of carbonyl (C=O) groups excluding carboxylic acids is 2. The standard InChI is InChI=1S/C25H20ClF2N3O4/c1-12-5-6-14(19(28)18(12)26)9-29-24(34)16-11-30-15-8-7-13-3-2-4-17(27)20(13)31(10-15)25(35)21(30)23(33)22(16)32/h2-6,11,15,33H,7-10H2,1H3,(H,29,34)/t15-/m0/s1. The lowest BCUT2D eigenvalue weighted by molar-refractivity contribution is 0.0929. The van der Waals surface area contributed by atoms with Gasteiger partial charge in [0.1, 0.15) is 17.2 Å². The van der Waals surface area contributed by atoms with Gasteiger partial charge in [0, 0.05) is 24.8 Å². The maximum absolute atomic E-state index is 14.6. The van der Waals surface area contributed by atoms with Crippen LogP contribution in [-0.4, -0.2) is 28.0 Å². The molecule has 180 valence electrons. The Balaban J connectivity index is 1.50. The molecular weight excluding hydrogens is 480 g/mol. The maximum atomic E-state index is 14.6. The van der Waals surface area contributed by atoms with Gasteiger partial charge in [-0.15, -0.1) is 0 Å². The van der Waals surface area contributed by atoms with Gasteiger partial charge in [0.15, 0.2) is 11.4 Å². The molecule has 0 aliphatic carbocycles. The van der Waals surface area contributed by atoms with Crippen molar-refractivity contribution in [2.24, 2.45) is 0 Å². The number of pyridine rings is 1. The number of para-hydroxylation sites is 1. The van der Waals surface area contributed by atoms with E-state index in [9.17, 15) is 28.3 Å². The van der Waals surface area contributed by atoms with Crippen molar-refractivity contribution in [2.75, 3.05) is 11.4 Å². The largest absolute Gasteiger partial charge is 0.503 e. The smallest absolute Gasteiger partial charge is 0.279 e. The predicted molar refractivity (Wildman–Crippen MR) is 125 cm³/mol. The van der Waals surface area contributed by atoms with E-state index in [0.717, 1.165) is 0 Å². The highest BCUT2D eigenvalue weighted by Gasteiger charge is 2.39. The minimum atomic E-state index is -1.04. The molecule has 1 aromatic heterocycles. The highest BCUT2D eigenvalue weighted by molar-refractivity contribution is 6.31. The van der Waals surface area contributed by atoms with Gasteiger partial charge in [-0.1, -0.05) is 35.9 Å². The second kappa shape index (κ2) is 8.49. The lowest BCUT2D eigenvalue weighted by Crippen LogP contribution is -2.45. The van der Waals surface area contributed by atoms with E-state index in [1.165, 1.54) is 27.8 Å². The van der Waals surface area contributed by atoms with Crippen molar-refractivity contribution in [3.8, 4) is 5.75 Å². The van der Waals surface area contributed by atoms with Crippen LogP contribution < -0.4 is 15.6 Å². The van der Waals surface area contributed by atoms with Crippen LogP contribution in [0.3, 0.4) is 0 Å². The average Bonchev–Trinajstić information content (AvgIpc) is 3.01. The van der Waals surface area contributed by atoms with Gasteiger partial charge in [0.2, 0.25) is 5.43 Å². The molecule has 2 amide bonds. The Bertz CT molecular complexity index is 1470. The Morgan fingerprint density at radius 2 is 2.00 bits per heavy atom. The number of nitrogens with one attached hydrogen (secondary N) is 1. The van der Waals surface area contributed by atoms with E-state index in [-0.39, 0.29) is 40.6 Å². The summed E-state index contributed by atoms with van der Waals surface area (Å²) in [5.74, 6) is -3.69. The SMILES string of the molecule is Cc1ccc(CNC(=O)c2cn3c(c(O)c2=O)C(=O)N2C[C@@H]3CCc3cccc(F)c32)c(F)c1Cl. The van der Waals surface area contributed by atoms with Crippen molar-refractivity contribution in [3.63, 3.8) is 0 Å². The summed E-state index contributed by atoms with van der Waals surface area (Å²) < 4.78 is 30.4. The lowest BCUT2D eigenvalue weighted by Gasteiger charge is -2.35. The Hall–Kier alpha value is -3.72. The molecule has 7 nitrogen and oxygen atoms in total. The fourth-order valence-corrected chi connectivity index (χ4v) is 4.88. The van der Waals surface area contributed by atoms with Crippen LogP contribution in [0, 0.1) is 18.6 Å². The minimum absolute atomic E-state index is 0.0582. The Kier molecular flexibility index (Phi) is 5.59. The first-order valence-corrected chi connectivity index (χ1v) is 11.4. The third-order valence-electron chi connectivity index (χ3n) is 6.57. The normalized spacial score (nSPS) is 16.4. The van der Waals surface area contributed by atoms with E-state index in [1.54, 1.807) is 25.1 Å². The number of aromatic nitrogens is 1. The first-order chi connectivity index (χ1) is 16.7. The van der Waals surface area contributed by atoms with Gasteiger partial charge in [0.25, 0.3) is 11.8 Å². The molecular formula is C25H20ClF2N3O4. The van der Waals surface area contributed by atoms with E-state index in [4.69, 9.17) is 11.6 Å². The number of carbonyl (C=O) groups is 2. The van der Waals surface area contributed by atoms with E-state index in [0.29, 0.717) is 24.0 Å². The number of rotatable bonds is 3. The highest BCUT2D eigenvalue weighted by atomic mass is 35.5. The molecule has 0 spiro atoms. The number of benzene rings is 2. The van der Waals surface area contributed by atoms with Crippen LogP contribution in [0.2, 0.25) is 5.02 Å². The molecule has 2 aromatic carbocycles. The summed E-state index contributed by atoms with van der Waals surface area (Å²) in [7, 11) is 0. The van der Waals surface area contributed by atoms with Gasteiger partial charge >= 0.3 is 0 Å². The Morgan fingerprint density at radius 3 is 2.77 bits per heavy atom. The third kappa shape index (κ3) is 3.67. The molecule has 0 fully saturated rings. The number of hydrogen-bond acceptors (Lipinski definition) is 4. The Morgan fingerprint density at radius 1 is 1.23 bits per heavy atom. The molecule has 3 aromatic rings. The zero-order valence-electron chi connectivity index (χ0n) is 18.6. The summed E-state index contributed by atoms with van der Waals surface area (Å²) in [4.78, 5) is 40.2. The first-order valence-electron chi connectivity index (χ1n) is 11.0. The van der Waals surface area contributed by atoms with Crippen molar-refractivity contribution in [1.29, 1.82) is 0 Å². The number of anilines is 1. The van der Waals surface area contributed by atoms with Crippen molar-refractivity contribution >= 4 is 29.1 Å². The van der Waals surface area contributed by atoms with Crippen molar-refractivity contribution in [1.82, 2.24) is 9.88 Å². The summed E-state index contributed by atoms with van der Waals surface area (Å²) in [5, 5.41) is 13.1. The van der Waals surface area contributed by atoms with Crippen molar-refractivity contribution < 1.29 is 23.5 Å². The number of amides is 2. The van der Waals surface area contributed by atoms with Crippen LogP contribution in [0.25, 0.3) is 0 Å². The fourth-order valence-electron chi connectivity index (χ4n) is 4.69. The molecule has 0 radical (unpaired) electrons. The molecule has 2 bridgehead atoms. The number of nitrogens with zero attached hydrogens (tertiary/aromatic N) is 2. The average molecular weight is 500 g/mol. The van der Waals surface area contributed by atoms with Gasteiger partial charge in [-0.05, 0) is 37.0 Å². The number of aromatic hydroxyl groups is 1. The molecule has 2 aliphatic heterocycles. The van der Waals surface area contributed by atoms with Gasteiger partial charge in [0.05, 0.1) is 16.8 Å². The molecule has 2 aliphatic rings. The summed E-state index contributed by atoms with van der Waals surface area (Å²) in [5.41, 5.74) is -0.272. The zero-order valence-corrected chi connectivity index (χ0v) is 19.3. The third-order valence-corrected chi connectivity index (χ3v) is 7.04. The van der Waals surface area contributed by atoms with Gasteiger partial charge < -0.3 is 19.9 Å². The molecule has 35 heavy (non-hydrogen) atoms. The molecule has 2 N–H and O–H groups in total. The van der Waals surface area contributed by atoms with Crippen LogP contribution in [-0.2, 0) is 13.0 Å². The van der Waals surface area contributed by atoms with Gasteiger partial charge in [-0.3, -0.25) is 14.4 Å². The Labute approximate surface area is 203 Å². The summed E-state index contributed by atoms with van der Waals surface area (Å²) in [6.45, 7) is 1.53. The van der Waals surface area contributed by atoms with Gasteiger partial charge in [-0.25, -0.2) is 8.78 Å². The van der Waals surface area contributed by atoms with E-state index in [2.05, 4.69) is 5.32 Å².